The van der Waals surface area contributed by atoms with Crippen LogP contribution < -0.4 is 10.5 Å². The average Bonchev–Trinajstić information content (AvgIpc) is 3.16. The molecular weight excluding hydrogens is 541 g/mol. The first-order valence-electron chi connectivity index (χ1n) is 9.74. The Bertz CT molecular complexity index is 1200. The first-order valence-corrected chi connectivity index (χ1v) is 10.9. The number of ether oxygens (including phenoxy) is 1. The van der Waals surface area contributed by atoms with Crippen LogP contribution in [0.1, 0.15) is 16.8 Å². The summed E-state index contributed by atoms with van der Waals surface area (Å²) in [6.07, 6.45) is -5.08. The van der Waals surface area contributed by atoms with Crippen molar-refractivity contribution in [2.75, 3.05) is 12.8 Å². The van der Waals surface area contributed by atoms with Crippen LogP contribution in [0.4, 0.5) is 19.1 Å². The van der Waals surface area contributed by atoms with E-state index in [1.807, 2.05) is 18.2 Å². The number of hydrogen-bond donors (Lipinski definition) is 2. The van der Waals surface area contributed by atoms with E-state index in [2.05, 4.69) is 55.1 Å². The monoisotopic (exact) mass is 558 g/mol. The van der Waals surface area contributed by atoms with Gasteiger partial charge in [0.05, 0.1) is 28.0 Å². The second-order valence-corrected chi connectivity index (χ2v) is 8.52. The number of rotatable bonds is 4. The number of aromatic nitrogens is 2. The molecule has 1 aromatic heterocycles. The fourth-order valence-corrected chi connectivity index (χ4v) is 4.27. The highest BCUT2D eigenvalue weighted by atomic mass is 79.9. The number of fused-ring (bicyclic) bond motifs is 1. The van der Waals surface area contributed by atoms with E-state index in [1.165, 1.54) is 5.56 Å². The van der Waals surface area contributed by atoms with Crippen molar-refractivity contribution in [3.8, 4) is 17.0 Å². The fraction of sp³-hybridized carbons (Fsp3) is 0.227. The largest absolute Gasteiger partial charge is 0.496 e. The van der Waals surface area contributed by atoms with E-state index in [1.54, 1.807) is 7.11 Å². The zero-order valence-electron chi connectivity index (χ0n) is 17.7. The number of methoxy groups -OCH3 is 1. The molecule has 1 aliphatic rings. The number of anilines is 1. The number of nitrogens with two attached hydrogens (primary N) is 1. The van der Waals surface area contributed by atoms with E-state index in [-0.39, 0.29) is 5.95 Å². The van der Waals surface area contributed by atoms with Gasteiger partial charge in [-0.15, -0.1) is 0 Å². The maximum absolute atomic E-state index is 10.6. The first-order chi connectivity index (χ1) is 16.0. The molecule has 0 aliphatic carbocycles. The van der Waals surface area contributed by atoms with Crippen molar-refractivity contribution in [1.82, 2.24) is 14.9 Å². The van der Waals surface area contributed by atoms with Crippen LogP contribution in [0.3, 0.4) is 0 Å². The predicted molar refractivity (Wildman–Crippen MR) is 124 cm³/mol. The van der Waals surface area contributed by atoms with Gasteiger partial charge in [-0.25, -0.2) is 14.8 Å². The molecule has 7 nitrogen and oxygen atoms in total. The summed E-state index contributed by atoms with van der Waals surface area (Å²) in [4.78, 5) is 20.2. The van der Waals surface area contributed by atoms with E-state index < -0.39 is 12.1 Å². The molecule has 0 spiro atoms. The van der Waals surface area contributed by atoms with E-state index >= 15 is 0 Å². The number of alkyl halides is 3. The van der Waals surface area contributed by atoms with Gasteiger partial charge in [0.25, 0.3) is 0 Å². The number of nitrogen functional groups attached to an aromatic ring is 1. The molecule has 3 aromatic rings. The molecule has 4 rings (SSSR count). The number of hydrogen-bond acceptors (Lipinski definition) is 6. The van der Waals surface area contributed by atoms with Crippen LogP contribution in [0.2, 0.25) is 5.02 Å². The second kappa shape index (κ2) is 10.6. The molecule has 0 amide bonds. The Balaban J connectivity index is 0.000000406. The standard InChI is InChI=1S/C20H18BrClN4O.C2HF3O2/c1-27-18-7-13(16(22)8-15(18)21)19-14-10-26(9-12-5-3-2-4-6-12)11-17(14)24-20(23)25-19;3-2(4,5)1(6)7/h2-8H,9-11H2,1H3,(H2,23,24,25);(H,6,7). The summed E-state index contributed by atoms with van der Waals surface area (Å²) in [5, 5.41) is 7.71. The van der Waals surface area contributed by atoms with Gasteiger partial charge in [-0.1, -0.05) is 41.9 Å². The number of carboxylic acid groups (broad SMARTS) is 1. The quantitative estimate of drug-likeness (QED) is 0.447. The molecule has 34 heavy (non-hydrogen) atoms. The smallest absolute Gasteiger partial charge is 0.490 e. The molecule has 0 radical (unpaired) electrons. The molecule has 2 aromatic carbocycles. The summed E-state index contributed by atoms with van der Waals surface area (Å²) in [5.41, 5.74) is 10.8. The van der Waals surface area contributed by atoms with Crippen LogP contribution in [0.5, 0.6) is 5.75 Å². The summed E-state index contributed by atoms with van der Waals surface area (Å²) in [6, 6.07) is 14.1. The third kappa shape index (κ3) is 6.16. The molecular formula is C22H19BrClF3N4O3. The SMILES string of the molecule is COc1cc(-c2nc(N)nc3c2CN(Cc2ccccc2)C3)c(Cl)cc1Br.O=C(O)C(F)(F)F. The highest BCUT2D eigenvalue weighted by Gasteiger charge is 2.38. The Morgan fingerprint density at radius 1 is 1.24 bits per heavy atom. The minimum atomic E-state index is -5.08. The average molecular weight is 560 g/mol. The minimum absolute atomic E-state index is 0.253. The summed E-state index contributed by atoms with van der Waals surface area (Å²) < 4.78 is 38.0. The molecule has 1 aliphatic heterocycles. The lowest BCUT2D eigenvalue weighted by molar-refractivity contribution is -0.192. The van der Waals surface area contributed by atoms with Crippen molar-refractivity contribution in [3.05, 3.63) is 68.8 Å². The topological polar surface area (TPSA) is 102 Å². The third-order valence-corrected chi connectivity index (χ3v) is 5.79. The summed E-state index contributed by atoms with van der Waals surface area (Å²) in [5.74, 6) is -1.81. The van der Waals surface area contributed by atoms with E-state index in [0.717, 1.165) is 46.6 Å². The van der Waals surface area contributed by atoms with Gasteiger partial charge < -0.3 is 15.6 Å². The van der Waals surface area contributed by atoms with Gasteiger partial charge >= 0.3 is 12.1 Å². The van der Waals surface area contributed by atoms with Gasteiger partial charge in [0.15, 0.2) is 0 Å². The number of halogens is 5. The number of nitrogens with zero attached hydrogens (tertiary/aromatic N) is 3. The normalized spacial score (nSPS) is 13.1. The number of carbonyl (C=O) groups is 1. The van der Waals surface area contributed by atoms with Crippen LogP contribution in [-0.2, 0) is 24.4 Å². The van der Waals surface area contributed by atoms with Gasteiger partial charge in [0.1, 0.15) is 5.75 Å². The van der Waals surface area contributed by atoms with Crippen molar-refractivity contribution in [2.24, 2.45) is 0 Å². The highest BCUT2D eigenvalue weighted by Crippen LogP contribution is 2.40. The summed E-state index contributed by atoms with van der Waals surface area (Å²) in [6.45, 7) is 2.32. The van der Waals surface area contributed by atoms with Crippen molar-refractivity contribution >= 4 is 39.4 Å². The lowest BCUT2D eigenvalue weighted by Crippen LogP contribution is -2.21. The molecule has 12 heteroatoms. The first kappa shape index (κ1) is 25.7. The molecule has 0 saturated carbocycles. The van der Waals surface area contributed by atoms with Gasteiger partial charge in [0, 0.05) is 30.8 Å². The Kier molecular flexibility index (Phi) is 8.01. The molecule has 0 unspecified atom stereocenters. The van der Waals surface area contributed by atoms with Gasteiger partial charge in [-0.2, -0.15) is 13.2 Å². The Labute approximate surface area is 206 Å². The molecule has 0 atom stereocenters. The number of benzene rings is 2. The zero-order chi connectivity index (χ0) is 25.0. The van der Waals surface area contributed by atoms with E-state index in [9.17, 15) is 13.2 Å². The van der Waals surface area contributed by atoms with Gasteiger partial charge in [-0.05, 0) is 33.6 Å². The maximum Gasteiger partial charge on any atom is 0.490 e. The minimum Gasteiger partial charge on any atom is -0.496 e. The van der Waals surface area contributed by atoms with Crippen LogP contribution in [0.25, 0.3) is 11.3 Å². The lowest BCUT2D eigenvalue weighted by Gasteiger charge is -2.15. The Morgan fingerprint density at radius 2 is 1.88 bits per heavy atom. The zero-order valence-corrected chi connectivity index (χ0v) is 20.1. The molecule has 0 fully saturated rings. The lowest BCUT2D eigenvalue weighted by atomic mass is 10.1. The summed E-state index contributed by atoms with van der Waals surface area (Å²) in [7, 11) is 1.62. The van der Waals surface area contributed by atoms with Crippen molar-refractivity contribution in [2.45, 2.75) is 25.8 Å². The maximum atomic E-state index is 10.6. The van der Waals surface area contributed by atoms with Gasteiger partial charge in [0.2, 0.25) is 5.95 Å². The molecule has 0 bridgehead atoms. The number of aliphatic carboxylic acids is 1. The van der Waals surface area contributed by atoms with Crippen LogP contribution in [0, 0.1) is 0 Å². The molecule has 180 valence electrons. The van der Waals surface area contributed by atoms with Crippen LogP contribution >= 0.6 is 27.5 Å². The molecule has 3 N–H and O–H groups in total. The molecule has 0 saturated heterocycles. The van der Waals surface area contributed by atoms with Gasteiger partial charge in [-0.3, -0.25) is 4.90 Å². The predicted octanol–water partition coefficient (Wildman–Crippen LogP) is 5.30. The highest BCUT2D eigenvalue weighted by molar-refractivity contribution is 9.10. The van der Waals surface area contributed by atoms with E-state index in [0.29, 0.717) is 10.8 Å². The van der Waals surface area contributed by atoms with E-state index in [4.69, 9.17) is 32.0 Å². The number of carboxylic acids is 1. The fourth-order valence-electron chi connectivity index (χ4n) is 3.38. The van der Waals surface area contributed by atoms with Crippen molar-refractivity contribution in [3.63, 3.8) is 0 Å². The Morgan fingerprint density at radius 3 is 2.47 bits per heavy atom. The molecule has 2 heterocycles. The van der Waals surface area contributed by atoms with Crippen molar-refractivity contribution in [1.29, 1.82) is 0 Å². The van der Waals surface area contributed by atoms with Crippen LogP contribution in [0.15, 0.2) is 46.9 Å². The van der Waals surface area contributed by atoms with Crippen LogP contribution in [-0.4, -0.2) is 39.2 Å². The Hall–Kier alpha value is -2.89. The van der Waals surface area contributed by atoms with Crippen molar-refractivity contribution < 1.29 is 27.8 Å². The second-order valence-electron chi connectivity index (χ2n) is 7.26. The summed E-state index contributed by atoms with van der Waals surface area (Å²) >= 11 is 9.98. The third-order valence-electron chi connectivity index (χ3n) is 4.85.